The van der Waals surface area contributed by atoms with Crippen molar-refractivity contribution in [2.45, 2.75) is 6.42 Å². The normalized spacial score (nSPS) is 10.6. The molecule has 0 aliphatic heterocycles. The molecule has 0 saturated heterocycles. The number of hydrogen-bond acceptors (Lipinski definition) is 6. The number of benzene rings is 3. The first-order chi connectivity index (χ1) is 16.1. The van der Waals surface area contributed by atoms with Gasteiger partial charge in [0.15, 0.2) is 0 Å². The van der Waals surface area contributed by atoms with Crippen LogP contribution in [0.3, 0.4) is 0 Å². The Morgan fingerprint density at radius 1 is 0.788 bits per heavy atom. The van der Waals surface area contributed by atoms with E-state index in [2.05, 4.69) is 5.32 Å². The quantitative estimate of drug-likeness (QED) is 0.445. The first-order valence-electron chi connectivity index (χ1n) is 10.3. The molecule has 0 atom stereocenters. The first kappa shape index (κ1) is 22.0. The molecule has 7 nitrogen and oxygen atoms in total. The predicted molar refractivity (Wildman–Crippen MR) is 126 cm³/mol. The van der Waals surface area contributed by atoms with E-state index in [9.17, 15) is 9.59 Å². The van der Waals surface area contributed by atoms with Gasteiger partial charge >= 0.3 is 5.63 Å². The largest absolute Gasteiger partial charge is 0.496 e. The molecule has 33 heavy (non-hydrogen) atoms. The van der Waals surface area contributed by atoms with E-state index in [1.807, 2.05) is 36.4 Å². The number of rotatable bonds is 7. The van der Waals surface area contributed by atoms with Crippen LogP contribution in [0.5, 0.6) is 17.2 Å². The lowest BCUT2D eigenvalue weighted by molar-refractivity contribution is -0.115. The lowest BCUT2D eigenvalue weighted by Gasteiger charge is -2.16. The number of fused-ring (bicyclic) bond motifs is 1. The van der Waals surface area contributed by atoms with E-state index in [-0.39, 0.29) is 12.2 Å². The third-order valence-electron chi connectivity index (χ3n) is 5.30. The standard InChI is InChI=1S/C26H23NO6/c1-30-19-12-7-6-11-18(19)24-16-9-4-5-10-17(16)26(29)33-22(24)15-23(28)27-25-20(31-2)13-8-14-21(25)32-3/h4-14H,15H2,1-3H3,(H,27,28). The highest BCUT2D eigenvalue weighted by molar-refractivity contribution is 6.01. The third kappa shape index (κ3) is 4.25. The van der Waals surface area contributed by atoms with E-state index >= 15 is 0 Å². The molecule has 0 saturated carbocycles. The number of para-hydroxylation sites is 2. The van der Waals surface area contributed by atoms with E-state index in [1.54, 1.807) is 37.4 Å². The maximum absolute atomic E-state index is 13.1. The summed E-state index contributed by atoms with van der Waals surface area (Å²) in [6.45, 7) is 0. The smallest absolute Gasteiger partial charge is 0.343 e. The number of methoxy groups -OCH3 is 3. The molecule has 3 aromatic carbocycles. The summed E-state index contributed by atoms with van der Waals surface area (Å²) in [7, 11) is 4.58. The summed E-state index contributed by atoms with van der Waals surface area (Å²) in [5, 5.41) is 3.92. The van der Waals surface area contributed by atoms with Crippen LogP contribution in [0.15, 0.2) is 75.9 Å². The molecule has 0 spiro atoms. The molecule has 0 aliphatic carbocycles. The average molecular weight is 445 g/mol. The van der Waals surface area contributed by atoms with Crippen LogP contribution in [-0.2, 0) is 11.2 Å². The number of nitrogens with one attached hydrogen (secondary N) is 1. The molecular formula is C26H23NO6. The number of ether oxygens (including phenoxy) is 3. The zero-order chi connectivity index (χ0) is 23.4. The molecule has 0 bridgehead atoms. The van der Waals surface area contributed by atoms with Crippen molar-refractivity contribution >= 4 is 22.4 Å². The second kappa shape index (κ2) is 9.48. The van der Waals surface area contributed by atoms with E-state index in [4.69, 9.17) is 18.6 Å². The summed E-state index contributed by atoms with van der Waals surface area (Å²) in [5.41, 5.74) is 1.24. The van der Waals surface area contributed by atoms with Crippen LogP contribution in [0.1, 0.15) is 5.76 Å². The minimum absolute atomic E-state index is 0.186. The summed E-state index contributed by atoms with van der Waals surface area (Å²) in [5.74, 6) is 1.34. The van der Waals surface area contributed by atoms with Crippen LogP contribution in [-0.4, -0.2) is 27.2 Å². The van der Waals surface area contributed by atoms with Crippen molar-refractivity contribution in [1.29, 1.82) is 0 Å². The van der Waals surface area contributed by atoms with Crippen LogP contribution in [0.4, 0.5) is 5.69 Å². The second-order valence-corrected chi connectivity index (χ2v) is 7.20. The molecule has 0 fully saturated rings. The van der Waals surface area contributed by atoms with Crippen molar-refractivity contribution in [3.63, 3.8) is 0 Å². The molecule has 7 heteroatoms. The molecule has 1 heterocycles. The minimum atomic E-state index is -0.512. The second-order valence-electron chi connectivity index (χ2n) is 7.20. The van der Waals surface area contributed by atoms with Crippen molar-refractivity contribution in [2.75, 3.05) is 26.6 Å². The Balaban J connectivity index is 1.82. The summed E-state index contributed by atoms with van der Waals surface area (Å²) >= 11 is 0. The monoisotopic (exact) mass is 445 g/mol. The van der Waals surface area contributed by atoms with E-state index in [0.717, 1.165) is 5.56 Å². The highest BCUT2D eigenvalue weighted by Crippen LogP contribution is 2.38. The summed E-state index contributed by atoms with van der Waals surface area (Å²) in [4.78, 5) is 25.8. The van der Waals surface area contributed by atoms with Crippen molar-refractivity contribution in [2.24, 2.45) is 0 Å². The molecule has 4 rings (SSSR count). The van der Waals surface area contributed by atoms with Gasteiger partial charge in [-0.3, -0.25) is 4.79 Å². The third-order valence-corrected chi connectivity index (χ3v) is 5.30. The Hall–Kier alpha value is -4.26. The van der Waals surface area contributed by atoms with Gasteiger partial charge in [0.2, 0.25) is 5.91 Å². The SMILES string of the molecule is COc1ccccc1-c1c(CC(=O)Nc2c(OC)cccc2OC)oc(=O)c2ccccc12. The number of anilines is 1. The van der Waals surface area contributed by atoms with Crippen LogP contribution < -0.4 is 25.2 Å². The molecule has 1 aromatic heterocycles. The van der Waals surface area contributed by atoms with Gasteiger partial charge in [-0.25, -0.2) is 4.79 Å². The highest BCUT2D eigenvalue weighted by atomic mass is 16.5. The fourth-order valence-electron chi connectivity index (χ4n) is 3.82. The van der Waals surface area contributed by atoms with Crippen LogP contribution in [0.2, 0.25) is 0 Å². The van der Waals surface area contributed by atoms with Gasteiger partial charge in [-0.1, -0.05) is 42.5 Å². The number of hydrogen-bond donors (Lipinski definition) is 1. The Morgan fingerprint density at radius 3 is 2.03 bits per heavy atom. The van der Waals surface area contributed by atoms with Crippen LogP contribution in [0, 0.1) is 0 Å². The highest BCUT2D eigenvalue weighted by Gasteiger charge is 2.22. The maximum atomic E-state index is 13.1. The van der Waals surface area contributed by atoms with Gasteiger partial charge in [0.1, 0.15) is 28.7 Å². The van der Waals surface area contributed by atoms with Gasteiger partial charge in [0.05, 0.1) is 33.1 Å². The molecule has 1 N–H and O–H groups in total. The van der Waals surface area contributed by atoms with Gasteiger partial charge in [-0.15, -0.1) is 0 Å². The molecule has 0 radical (unpaired) electrons. The summed E-state index contributed by atoms with van der Waals surface area (Å²) < 4.78 is 21.9. The number of carbonyl (C=O) groups excluding carboxylic acids is 1. The number of amides is 1. The van der Waals surface area contributed by atoms with Gasteiger partial charge in [0.25, 0.3) is 0 Å². The lowest BCUT2D eigenvalue weighted by Crippen LogP contribution is -2.18. The average Bonchev–Trinajstić information content (AvgIpc) is 2.84. The molecule has 4 aromatic rings. The fourth-order valence-corrected chi connectivity index (χ4v) is 3.82. The van der Waals surface area contributed by atoms with E-state index in [1.165, 1.54) is 14.2 Å². The topological polar surface area (TPSA) is 87.0 Å². The van der Waals surface area contributed by atoms with Crippen LogP contribution >= 0.6 is 0 Å². The van der Waals surface area contributed by atoms with Gasteiger partial charge < -0.3 is 23.9 Å². The Kier molecular flexibility index (Phi) is 6.31. The fraction of sp³-hybridized carbons (Fsp3) is 0.154. The maximum Gasteiger partial charge on any atom is 0.343 e. The van der Waals surface area contributed by atoms with E-state index in [0.29, 0.717) is 39.3 Å². The van der Waals surface area contributed by atoms with Gasteiger partial charge in [0, 0.05) is 16.5 Å². The van der Waals surface area contributed by atoms with Crippen molar-refractivity contribution in [3.8, 4) is 28.4 Å². The first-order valence-corrected chi connectivity index (χ1v) is 10.3. The van der Waals surface area contributed by atoms with Crippen molar-refractivity contribution < 1.29 is 23.4 Å². The lowest BCUT2D eigenvalue weighted by atomic mass is 9.96. The number of carbonyl (C=O) groups is 1. The predicted octanol–water partition coefficient (Wildman–Crippen LogP) is 4.67. The van der Waals surface area contributed by atoms with Crippen molar-refractivity contribution in [1.82, 2.24) is 0 Å². The summed E-state index contributed by atoms with van der Waals surface area (Å²) in [6, 6.07) is 19.7. The Labute approximate surface area is 190 Å². The van der Waals surface area contributed by atoms with Gasteiger partial charge in [-0.2, -0.15) is 0 Å². The Bertz CT molecular complexity index is 1350. The Morgan fingerprint density at radius 2 is 1.36 bits per heavy atom. The minimum Gasteiger partial charge on any atom is -0.496 e. The van der Waals surface area contributed by atoms with Crippen LogP contribution in [0.25, 0.3) is 21.9 Å². The zero-order valence-corrected chi connectivity index (χ0v) is 18.5. The van der Waals surface area contributed by atoms with Crippen molar-refractivity contribution in [3.05, 3.63) is 82.9 Å². The molecule has 168 valence electrons. The summed E-state index contributed by atoms with van der Waals surface area (Å²) in [6.07, 6.45) is -0.186. The zero-order valence-electron chi connectivity index (χ0n) is 18.5. The molecular weight excluding hydrogens is 422 g/mol. The molecule has 0 aliphatic rings. The van der Waals surface area contributed by atoms with Gasteiger partial charge in [-0.05, 0) is 24.3 Å². The molecule has 0 unspecified atom stereocenters. The molecule has 1 amide bonds. The van der Waals surface area contributed by atoms with E-state index < -0.39 is 11.5 Å².